The Morgan fingerprint density at radius 2 is 2.12 bits per heavy atom. The molecule has 0 amide bonds. The summed E-state index contributed by atoms with van der Waals surface area (Å²) in [4.78, 5) is 0. The quantitative estimate of drug-likeness (QED) is 0.556. The Labute approximate surface area is 48.8 Å². The van der Waals surface area contributed by atoms with Crippen LogP contribution in [-0.2, 0) is 9.47 Å². The Balaban J connectivity index is 1.98. The zero-order valence-electron chi connectivity index (χ0n) is 4.96. The fraction of sp³-hybridized carbons (Fsp3) is 1.00. The third-order valence-corrected chi connectivity index (χ3v) is 1.09. The van der Waals surface area contributed by atoms with E-state index in [1.165, 1.54) is 0 Å². The summed E-state index contributed by atoms with van der Waals surface area (Å²) in [6.07, 6.45) is 0.784. The average molecular weight is 117 g/mol. The van der Waals surface area contributed by atoms with Crippen molar-refractivity contribution in [3.8, 4) is 0 Å². The van der Waals surface area contributed by atoms with Crippen LogP contribution in [0.4, 0.5) is 0 Å². The van der Waals surface area contributed by atoms with Crippen LogP contribution in [0.25, 0.3) is 0 Å². The van der Waals surface area contributed by atoms with Gasteiger partial charge in [0.25, 0.3) is 0 Å². The van der Waals surface area contributed by atoms with Gasteiger partial charge in [0, 0.05) is 6.42 Å². The normalized spacial score (nSPS) is 36.8. The standard InChI is InChI=1S/C5H11NO2/c1-4-7-5(8-4)2-3-6/h4-5H,2-3,6H2,1H3. The summed E-state index contributed by atoms with van der Waals surface area (Å²) in [7, 11) is 0. The molecular formula is C5H11NO2. The van der Waals surface area contributed by atoms with E-state index in [1.807, 2.05) is 6.92 Å². The molecule has 0 aliphatic carbocycles. The lowest BCUT2D eigenvalue weighted by Crippen LogP contribution is -2.39. The largest absolute Gasteiger partial charge is 0.330 e. The van der Waals surface area contributed by atoms with Gasteiger partial charge in [0.2, 0.25) is 0 Å². The molecule has 8 heavy (non-hydrogen) atoms. The number of ether oxygens (including phenoxy) is 2. The molecule has 1 aliphatic rings. The van der Waals surface area contributed by atoms with E-state index in [9.17, 15) is 0 Å². The summed E-state index contributed by atoms with van der Waals surface area (Å²) in [5.41, 5.74) is 5.22. The van der Waals surface area contributed by atoms with Gasteiger partial charge in [-0.3, -0.25) is 0 Å². The molecular weight excluding hydrogens is 106 g/mol. The Kier molecular flexibility index (Phi) is 1.83. The highest BCUT2D eigenvalue weighted by molar-refractivity contribution is 4.54. The van der Waals surface area contributed by atoms with Crippen molar-refractivity contribution in [1.29, 1.82) is 0 Å². The first-order valence-corrected chi connectivity index (χ1v) is 2.84. The molecule has 48 valence electrons. The third kappa shape index (κ3) is 1.18. The summed E-state index contributed by atoms with van der Waals surface area (Å²) in [6, 6.07) is 0. The Bertz CT molecular complexity index is 68.1. The first kappa shape index (κ1) is 6.01. The van der Waals surface area contributed by atoms with Gasteiger partial charge >= 0.3 is 0 Å². The van der Waals surface area contributed by atoms with E-state index in [4.69, 9.17) is 15.2 Å². The number of hydrogen-bond acceptors (Lipinski definition) is 3. The van der Waals surface area contributed by atoms with Gasteiger partial charge in [-0.05, 0) is 13.5 Å². The van der Waals surface area contributed by atoms with Crippen molar-refractivity contribution in [3.63, 3.8) is 0 Å². The molecule has 0 aromatic heterocycles. The molecule has 1 heterocycles. The second-order valence-corrected chi connectivity index (χ2v) is 1.85. The molecule has 0 bridgehead atoms. The predicted octanol–water partition coefficient (Wildman–Crippen LogP) is 0.0541. The molecule has 0 atom stereocenters. The van der Waals surface area contributed by atoms with Crippen molar-refractivity contribution >= 4 is 0 Å². The molecule has 0 radical (unpaired) electrons. The van der Waals surface area contributed by atoms with E-state index in [1.54, 1.807) is 0 Å². The van der Waals surface area contributed by atoms with E-state index in [0.717, 1.165) is 6.42 Å². The summed E-state index contributed by atoms with van der Waals surface area (Å²) >= 11 is 0. The Morgan fingerprint density at radius 1 is 1.50 bits per heavy atom. The lowest BCUT2D eigenvalue weighted by Gasteiger charge is -2.33. The van der Waals surface area contributed by atoms with E-state index in [2.05, 4.69) is 0 Å². The summed E-state index contributed by atoms with van der Waals surface area (Å²) in [6.45, 7) is 2.50. The van der Waals surface area contributed by atoms with Gasteiger partial charge in [-0.15, -0.1) is 0 Å². The fourth-order valence-corrected chi connectivity index (χ4v) is 0.710. The van der Waals surface area contributed by atoms with Crippen LogP contribution >= 0.6 is 0 Å². The van der Waals surface area contributed by atoms with Gasteiger partial charge in [-0.2, -0.15) is 0 Å². The molecule has 0 spiro atoms. The lowest BCUT2D eigenvalue weighted by molar-refractivity contribution is -0.376. The van der Waals surface area contributed by atoms with Crippen molar-refractivity contribution in [2.24, 2.45) is 5.73 Å². The molecule has 1 aliphatic heterocycles. The lowest BCUT2D eigenvalue weighted by atomic mass is 10.4. The highest BCUT2D eigenvalue weighted by atomic mass is 16.9. The van der Waals surface area contributed by atoms with Gasteiger partial charge in [0.15, 0.2) is 12.6 Å². The fourth-order valence-electron chi connectivity index (χ4n) is 0.710. The summed E-state index contributed by atoms with van der Waals surface area (Å²) in [5.74, 6) is 0. The number of rotatable bonds is 2. The van der Waals surface area contributed by atoms with Crippen LogP contribution in [0.5, 0.6) is 0 Å². The maximum Gasteiger partial charge on any atom is 0.165 e. The maximum absolute atomic E-state index is 5.22. The minimum Gasteiger partial charge on any atom is -0.330 e. The topological polar surface area (TPSA) is 44.5 Å². The van der Waals surface area contributed by atoms with E-state index in [-0.39, 0.29) is 12.6 Å². The number of hydrogen-bond donors (Lipinski definition) is 1. The van der Waals surface area contributed by atoms with Crippen molar-refractivity contribution < 1.29 is 9.47 Å². The zero-order valence-corrected chi connectivity index (χ0v) is 4.96. The van der Waals surface area contributed by atoms with E-state index < -0.39 is 0 Å². The van der Waals surface area contributed by atoms with Crippen molar-refractivity contribution in [1.82, 2.24) is 0 Å². The minimum atomic E-state index is -0.0185. The minimum absolute atomic E-state index is 0.00782. The first-order chi connectivity index (χ1) is 3.83. The van der Waals surface area contributed by atoms with Crippen LogP contribution < -0.4 is 5.73 Å². The summed E-state index contributed by atoms with van der Waals surface area (Å²) < 4.78 is 10.2. The smallest absolute Gasteiger partial charge is 0.165 e. The third-order valence-electron chi connectivity index (χ3n) is 1.09. The van der Waals surface area contributed by atoms with Crippen LogP contribution in [0.3, 0.4) is 0 Å². The van der Waals surface area contributed by atoms with Crippen LogP contribution in [-0.4, -0.2) is 19.1 Å². The van der Waals surface area contributed by atoms with Gasteiger partial charge in [0.1, 0.15) is 0 Å². The van der Waals surface area contributed by atoms with Gasteiger partial charge in [-0.25, -0.2) is 0 Å². The molecule has 1 saturated heterocycles. The SMILES string of the molecule is CC1OC(CCN)O1. The molecule has 0 saturated carbocycles. The number of nitrogens with two attached hydrogens (primary N) is 1. The Hall–Kier alpha value is -0.120. The molecule has 3 nitrogen and oxygen atoms in total. The van der Waals surface area contributed by atoms with Gasteiger partial charge in [-0.1, -0.05) is 0 Å². The van der Waals surface area contributed by atoms with Crippen molar-refractivity contribution in [2.75, 3.05) is 6.54 Å². The molecule has 3 heteroatoms. The second kappa shape index (κ2) is 2.44. The molecule has 2 N–H and O–H groups in total. The van der Waals surface area contributed by atoms with Crippen LogP contribution in [0.2, 0.25) is 0 Å². The zero-order chi connectivity index (χ0) is 5.98. The second-order valence-electron chi connectivity index (χ2n) is 1.85. The van der Waals surface area contributed by atoms with E-state index in [0.29, 0.717) is 6.54 Å². The highest BCUT2D eigenvalue weighted by Crippen LogP contribution is 2.17. The van der Waals surface area contributed by atoms with Gasteiger partial charge < -0.3 is 15.2 Å². The molecule has 0 aromatic rings. The van der Waals surface area contributed by atoms with E-state index >= 15 is 0 Å². The molecule has 0 aromatic carbocycles. The van der Waals surface area contributed by atoms with Crippen molar-refractivity contribution in [2.45, 2.75) is 25.9 Å². The van der Waals surface area contributed by atoms with Crippen LogP contribution in [0.15, 0.2) is 0 Å². The predicted molar refractivity (Wildman–Crippen MR) is 29.1 cm³/mol. The summed E-state index contributed by atoms with van der Waals surface area (Å²) in [5, 5.41) is 0. The van der Waals surface area contributed by atoms with Crippen molar-refractivity contribution in [3.05, 3.63) is 0 Å². The highest BCUT2D eigenvalue weighted by Gasteiger charge is 2.25. The molecule has 0 unspecified atom stereocenters. The van der Waals surface area contributed by atoms with Crippen LogP contribution in [0.1, 0.15) is 13.3 Å². The van der Waals surface area contributed by atoms with Gasteiger partial charge in [0.05, 0.1) is 0 Å². The molecule has 1 fully saturated rings. The van der Waals surface area contributed by atoms with Crippen LogP contribution in [0, 0.1) is 0 Å². The maximum atomic E-state index is 5.22. The first-order valence-electron chi connectivity index (χ1n) is 2.84. The monoisotopic (exact) mass is 117 g/mol. The Morgan fingerprint density at radius 3 is 2.50 bits per heavy atom. The average Bonchev–Trinajstić information content (AvgIpc) is 1.64. The molecule has 1 rings (SSSR count).